The highest BCUT2D eigenvalue weighted by atomic mass is 79.9. The lowest BCUT2D eigenvalue weighted by atomic mass is 10.2. The van der Waals surface area contributed by atoms with E-state index in [2.05, 4.69) is 15.9 Å². The van der Waals surface area contributed by atoms with Gasteiger partial charge in [-0.15, -0.1) is 0 Å². The summed E-state index contributed by atoms with van der Waals surface area (Å²) in [6.45, 7) is -0.145. The third-order valence-electron chi connectivity index (χ3n) is 2.20. The van der Waals surface area contributed by atoms with Crippen molar-refractivity contribution < 1.29 is 17.2 Å². The predicted molar refractivity (Wildman–Crippen MR) is 68.1 cm³/mol. The largest absolute Gasteiger partial charge is 0.325 e. The van der Waals surface area contributed by atoms with E-state index in [0.29, 0.717) is 4.47 Å². The van der Waals surface area contributed by atoms with Crippen LogP contribution in [-0.4, -0.2) is 27.4 Å². The average molecular weight is 343 g/mol. The highest BCUT2D eigenvalue weighted by Gasteiger charge is 2.29. The zero-order valence-corrected chi connectivity index (χ0v) is 12.0. The topological polar surface area (TPSA) is 72.2 Å². The Labute approximate surface area is 113 Å². The SMILES string of the molecule is Cc1ccc(S(=O)(=O)NCC(F)(F)CN)c(Br)c1. The van der Waals surface area contributed by atoms with E-state index in [1.807, 2.05) is 4.72 Å². The van der Waals surface area contributed by atoms with Crippen molar-refractivity contribution in [2.24, 2.45) is 5.73 Å². The molecular weight excluding hydrogens is 330 g/mol. The molecule has 1 aromatic rings. The molecule has 0 fully saturated rings. The molecule has 1 rings (SSSR count). The second kappa shape index (κ2) is 5.60. The van der Waals surface area contributed by atoms with Crippen LogP contribution in [-0.2, 0) is 10.0 Å². The summed E-state index contributed by atoms with van der Waals surface area (Å²) in [5.41, 5.74) is 5.68. The van der Waals surface area contributed by atoms with Gasteiger partial charge in [-0.25, -0.2) is 21.9 Å². The Bertz CT molecular complexity index is 535. The van der Waals surface area contributed by atoms with Gasteiger partial charge in [-0.1, -0.05) is 6.07 Å². The zero-order valence-electron chi connectivity index (χ0n) is 9.58. The fourth-order valence-electron chi connectivity index (χ4n) is 1.17. The number of halogens is 3. The van der Waals surface area contributed by atoms with E-state index in [0.717, 1.165) is 5.56 Å². The van der Waals surface area contributed by atoms with Gasteiger partial charge in [0, 0.05) is 4.47 Å². The zero-order chi connectivity index (χ0) is 14.0. The van der Waals surface area contributed by atoms with Gasteiger partial charge in [0.15, 0.2) is 0 Å². The molecule has 0 unspecified atom stereocenters. The third-order valence-corrected chi connectivity index (χ3v) is 4.57. The number of nitrogens with one attached hydrogen (secondary N) is 1. The minimum atomic E-state index is -3.98. The number of sulfonamides is 1. The van der Waals surface area contributed by atoms with Crippen molar-refractivity contribution in [3.8, 4) is 0 Å². The third kappa shape index (κ3) is 3.98. The Morgan fingerprint density at radius 2 is 2.06 bits per heavy atom. The van der Waals surface area contributed by atoms with Crippen LogP contribution in [0.25, 0.3) is 0 Å². The Kier molecular flexibility index (Phi) is 4.82. The van der Waals surface area contributed by atoms with Crippen molar-refractivity contribution in [3.05, 3.63) is 28.2 Å². The van der Waals surface area contributed by atoms with Crippen LogP contribution in [0, 0.1) is 6.92 Å². The molecular formula is C10H13BrF2N2O2S. The van der Waals surface area contributed by atoms with Crippen molar-refractivity contribution in [2.45, 2.75) is 17.7 Å². The Balaban J connectivity index is 2.94. The lowest BCUT2D eigenvalue weighted by Crippen LogP contribution is -2.41. The standard InChI is InChI=1S/C10H13BrF2N2O2S/c1-7-2-3-9(8(11)4-7)18(16,17)15-6-10(12,13)5-14/h2-4,15H,5-6,14H2,1H3. The second-order valence-electron chi connectivity index (χ2n) is 3.82. The van der Waals surface area contributed by atoms with Gasteiger partial charge in [-0.3, -0.25) is 0 Å². The Hall–Kier alpha value is -0.570. The van der Waals surface area contributed by atoms with E-state index in [-0.39, 0.29) is 4.90 Å². The lowest BCUT2D eigenvalue weighted by Gasteiger charge is -2.15. The summed E-state index contributed by atoms with van der Waals surface area (Å²) in [6, 6.07) is 4.53. The molecule has 18 heavy (non-hydrogen) atoms. The van der Waals surface area contributed by atoms with Crippen LogP contribution < -0.4 is 10.5 Å². The number of hydrogen-bond acceptors (Lipinski definition) is 3. The van der Waals surface area contributed by atoms with Crippen molar-refractivity contribution in [1.82, 2.24) is 4.72 Å². The van der Waals surface area contributed by atoms with E-state index < -0.39 is 29.0 Å². The van der Waals surface area contributed by atoms with E-state index in [4.69, 9.17) is 5.73 Å². The molecule has 3 N–H and O–H groups in total. The molecule has 0 spiro atoms. The summed E-state index contributed by atoms with van der Waals surface area (Å²) in [5.74, 6) is -3.26. The molecule has 0 heterocycles. The van der Waals surface area contributed by atoms with E-state index in [1.165, 1.54) is 6.07 Å². The van der Waals surface area contributed by atoms with Crippen LogP contribution in [0.3, 0.4) is 0 Å². The van der Waals surface area contributed by atoms with E-state index in [9.17, 15) is 17.2 Å². The fourth-order valence-corrected chi connectivity index (χ4v) is 3.43. The molecule has 0 saturated heterocycles. The van der Waals surface area contributed by atoms with Crippen LogP contribution in [0.1, 0.15) is 5.56 Å². The maximum absolute atomic E-state index is 12.9. The first-order chi connectivity index (χ1) is 8.18. The smallest absolute Gasteiger partial charge is 0.273 e. The summed E-state index contributed by atoms with van der Waals surface area (Å²) < 4.78 is 51.6. The molecule has 0 atom stereocenters. The molecule has 102 valence electrons. The molecule has 0 bridgehead atoms. The highest BCUT2D eigenvalue weighted by Crippen LogP contribution is 2.23. The first-order valence-electron chi connectivity index (χ1n) is 5.02. The molecule has 4 nitrogen and oxygen atoms in total. The van der Waals surface area contributed by atoms with Gasteiger partial charge in [0.1, 0.15) is 0 Å². The van der Waals surface area contributed by atoms with Gasteiger partial charge in [0.05, 0.1) is 18.0 Å². The molecule has 0 saturated carbocycles. The highest BCUT2D eigenvalue weighted by molar-refractivity contribution is 9.10. The van der Waals surface area contributed by atoms with Crippen LogP contribution in [0.15, 0.2) is 27.6 Å². The predicted octanol–water partition coefficient (Wildman–Crippen LogP) is 1.63. The van der Waals surface area contributed by atoms with Crippen molar-refractivity contribution in [1.29, 1.82) is 0 Å². The second-order valence-corrected chi connectivity index (χ2v) is 6.41. The lowest BCUT2D eigenvalue weighted by molar-refractivity contribution is 0.0170. The minimum absolute atomic E-state index is 0.0825. The maximum Gasteiger partial charge on any atom is 0.273 e. The summed E-state index contributed by atoms with van der Waals surface area (Å²) in [4.78, 5) is -0.0825. The van der Waals surface area contributed by atoms with Gasteiger partial charge in [0.25, 0.3) is 5.92 Å². The number of benzene rings is 1. The Morgan fingerprint density at radius 3 is 2.56 bits per heavy atom. The van der Waals surface area contributed by atoms with Crippen LogP contribution in [0.4, 0.5) is 8.78 Å². The molecule has 0 aliphatic rings. The molecule has 0 aromatic heterocycles. The van der Waals surface area contributed by atoms with Crippen molar-refractivity contribution >= 4 is 26.0 Å². The van der Waals surface area contributed by atoms with Crippen LogP contribution in [0.5, 0.6) is 0 Å². The quantitative estimate of drug-likeness (QED) is 0.854. The first kappa shape index (κ1) is 15.5. The normalized spacial score (nSPS) is 12.7. The summed E-state index contributed by atoms with van der Waals surface area (Å²) in [6.07, 6.45) is 0. The van der Waals surface area contributed by atoms with Gasteiger partial charge < -0.3 is 5.73 Å². The number of rotatable bonds is 5. The molecule has 1 aromatic carbocycles. The van der Waals surface area contributed by atoms with Gasteiger partial charge in [0.2, 0.25) is 10.0 Å². The molecule has 8 heteroatoms. The average Bonchev–Trinajstić information content (AvgIpc) is 2.26. The van der Waals surface area contributed by atoms with Crippen LogP contribution in [0.2, 0.25) is 0 Å². The Morgan fingerprint density at radius 1 is 1.44 bits per heavy atom. The van der Waals surface area contributed by atoms with Gasteiger partial charge in [-0.2, -0.15) is 0 Å². The molecule has 0 aliphatic carbocycles. The fraction of sp³-hybridized carbons (Fsp3) is 0.400. The van der Waals surface area contributed by atoms with E-state index >= 15 is 0 Å². The van der Waals surface area contributed by atoms with Crippen LogP contribution >= 0.6 is 15.9 Å². The van der Waals surface area contributed by atoms with E-state index in [1.54, 1.807) is 19.1 Å². The summed E-state index contributed by atoms with van der Waals surface area (Å²) in [5, 5.41) is 0. The van der Waals surface area contributed by atoms with Crippen molar-refractivity contribution in [3.63, 3.8) is 0 Å². The molecule has 0 amide bonds. The maximum atomic E-state index is 12.9. The monoisotopic (exact) mass is 342 g/mol. The number of hydrogen-bond donors (Lipinski definition) is 2. The minimum Gasteiger partial charge on any atom is -0.325 e. The van der Waals surface area contributed by atoms with Gasteiger partial charge in [-0.05, 0) is 40.5 Å². The molecule has 0 radical (unpaired) electrons. The van der Waals surface area contributed by atoms with Crippen molar-refractivity contribution in [2.75, 3.05) is 13.1 Å². The molecule has 0 aliphatic heterocycles. The summed E-state index contributed by atoms with van der Waals surface area (Å²) in [7, 11) is -3.98. The summed E-state index contributed by atoms with van der Waals surface area (Å²) >= 11 is 3.09. The first-order valence-corrected chi connectivity index (χ1v) is 7.29. The number of aryl methyl sites for hydroxylation is 1. The number of nitrogens with two attached hydrogens (primary N) is 1. The number of alkyl halides is 2. The van der Waals surface area contributed by atoms with Gasteiger partial charge >= 0.3 is 0 Å².